The third-order valence-corrected chi connectivity index (χ3v) is 4.63. The zero-order chi connectivity index (χ0) is 13.4. The second kappa shape index (κ2) is 4.84. The molecule has 3 heteroatoms. The molecular weight excluding hydrogens is 264 g/mol. The molecular formula is C17H14N2S. The molecule has 0 radical (unpaired) electrons. The summed E-state index contributed by atoms with van der Waals surface area (Å²) in [5.74, 6) is 2.22. The molecule has 1 aliphatic rings. The van der Waals surface area contributed by atoms with E-state index in [2.05, 4.69) is 53.1 Å². The van der Waals surface area contributed by atoms with Crippen LogP contribution < -0.4 is 0 Å². The van der Waals surface area contributed by atoms with Crippen molar-refractivity contribution in [1.29, 1.82) is 0 Å². The normalized spacial score (nSPS) is 13.4. The Bertz CT molecular complexity index is 670. The molecule has 0 N–H and O–H groups in total. The van der Waals surface area contributed by atoms with E-state index in [1.807, 2.05) is 23.9 Å². The molecule has 4 rings (SSSR count). The Hall–Kier alpha value is -2.00. The fourth-order valence-electron chi connectivity index (χ4n) is 2.62. The van der Waals surface area contributed by atoms with Gasteiger partial charge in [-0.25, -0.2) is 4.98 Å². The fourth-order valence-corrected chi connectivity index (χ4v) is 3.72. The second-order valence-corrected chi connectivity index (χ2v) is 5.90. The molecule has 0 aliphatic carbocycles. The van der Waals surface area contributed by atoms with Crippen molar-refractivity contribution in [2.45, 2.75) is 11.6 Å². The fraction of sp³-hybridized carbons (Fsp3) is 0.118. The molecule has 0 saturated carbocycles. The minimum atomic E-state index is 1.05. The minimum Gasteiger partial charge on any atom is -0.318 e. The summed E-state index contributed by atoms with van der Waals surface area (Å²) in [5, 5.41) is 1.30. The quantitative estimate of drug-likeness (QED) is 0.694. The van der Waals surface area contributed by atoms with Crippen LogP contribution in [-0.4, -0.2) is 15.3 Å². The van der Waals surface area contributed by atoms with Crippen LogP contribution in [0.25, 0.3) is 22.6 Å². The molecule has 0 fully saturated rings. The highest BCUT2D eigenvalue weighted by molar-refractivity contribution is 7.99. The molecule has 0 bridgehead atoms. The van der Waals surface area contributed by atoms with Crippen LogP contribution in [0, 0.1) is 0 Å². The van der Waals surface area contributed by atoms with E-state index in [9.17, 15) is 0 Å². The third-order valence-electron chi connectivity index (χ3n) is 3.55. The van der Waals surface area contributed by atoms with Crippen molar-refractivity contribution in [3.05, 3.63) is 60.7 Å². The van der Waals surface area contributed by atoms with E-state index < -0.39 is 0 Å². The van der Waals surface area contributed by atoms with Gasteiger partial charge < -0.3 is 4.57 Å². The number of hydrogen-bond acceptors (Lipinski definition) is 2. The summed E-state index contributed by atoms with van der Waals surface area (Å²) in [6, 6.07) is 20.9. The van der Waals surface area contributed by atoms with E-state index in [0.717, 1.165) is 23.8 Å². The first-order valence-corrected chi connectivity index (χ1v) is 7.76. The summed E-state index contributed by atoms with van der Waals surface area (Å²) in [6.07, 6.45) is 0. The van der Waals surface area contributed by atoms with Crippen LogP contribution in [0.2, 0.25) is 0 Å². The van der Waals surface area contributed by atoms with Crippen molar-refractivity contribution >= 4 is 11.8 Å². The first-order chi connectivity index (χ1) is 9.93. The third kappa shape index (κ3) is 1.86. The zero-order valence-corrected chi connectivity index (χ0v) is 11.8. The van der Waals surface area contributed by atoms with Gasteiger partial charge in [-0.05, 0) is 0 Å². The molecule has 20 heavy (non-hydrogen) atoms. The van der Waals surface area contributed by atoms with Crippen LogP contribution in [0.3, 0.4) is 0 Å². The van der Waals surface area contributed by atoms with Gasteiger partial charge in [0.05, 0.1) is 0 Å². The van der Waals surface area contributed by atoms with Gasteiger partial charge in [0.1, 0.15) is 16.5 Å². The number of benzene rings is 2. The number of rotatable bonds is 2. The zero-order valence-electron chi connectivity index (χ0n) is 11.0. The average molecular weight is 278 g/mol. The van der Waals surface area contributed by atoms with E-state index >= 15 is 0 Å². The predicted octanol–water partition coefficient (Wildman–Crippen LogP) is 4.32. The van der Waals surface area contributed by atoms with Crippen LogP contribution >= 0.6 is 11.8 Å². The van der Waals surface area contributed by atoms with Crippen molar-refractivity contribution in [1.82, 2.24) is 9.55 Å². The van der Waals surface area contributed by atoms with Gasteiger partial charge in [-0.15, -0.1) is 11.8 Å². The molecule has 0 saturated heterocycles. The molecule has 1 aliphatic heterocycles. The topological polar surface area (TPSA) is 17.8 Å². The molecule has 2 aromatic carbocycles. The van der Waals surface area contributed by atoms with Crippen molar-refractivity contribution < 1.29 is 0 Å². The van der Waals surface area contributed by atoms with Crippen LogP contribution in [0.4, 0.5) is 0 Å². The van der Waals surface area contributed by atoms with Gasteiger partial charge in [0.25, 0.3) is 0 Å². The van der Waals surface area contributed by atoms with Gasteiger partial charge in [0, 0.05) is 23.4 Å². The lowest BCUT2D eigenvalue weighted by Gasteiger charge is -2.02. The number of imidazole rings is 1. The molecule has 3 aromatic rings. The van der Waals surface area contributed by atoms with Gasteiger partial charge in [-0.1, -0.05) is 60.7 Å². The Morgan fingerprint density at radius 3 is 2.20 bits per heavy atom. The summed E-state index contributed by atoms with van der Waals surface area (Å²) >= 11 is 1.91. The van der Waals surface area contributed by atoms with E-state index in [-0.39, 0.29) is 0 Å². The van der Waals surface area contributed by atoms with Crippen molar-refractivity contribution in [3.63, 3.8) is 0 Å². The van der Waals surface area contributed by atoms with E-state index in [1.54, 1.807) is 0 Å². The van der Waals surface area contributed by atoms with Gasteiger partial charge in [0.2, 0.25) is 0 Å². The van der Waals surface area contributed by atoms with Gasteiger partial charge in [0.15, 0.2) is 0 Å². The van der Waals surface area contributed by atoms with Crippen LogP contribution in [0.15, 0.2) is 65.7 Å². The van der Waals surface area contributed by atoms with Crippen molar-refractivity contribution in [3.8, 4) is 22.6 Å². The second-order valence-electron chi connectivity index (χ2n) is 4.82. The molecule has 0 atom stereocenters. The average Bonchev–Trinajstić information content (AvgIpc) is 3.11. The SMILES string of the molecule is c1ccc(-c2nc(-c3ccccc3)n3c2SCC3)cc1. The highest BCUT2D eigenvalue weighted by Gasteiger charge is 2.23. The Kier molecular flexibility index (Phi) is 2.85. The number of fused-ring (bicyclic) bond motifs is 1. The van der Waals surface area contributed by atoms with Crippen molar-refractivity contribution in [2.24, 2.45) is 0 Å². The van der Waals surface area contributed by atoms with E-state index in [0.29, 0.717) is 0 Å². The highest BCUT2D eigenvalue weighted by Crippen LogP contribution is 2.39. The molecule has 0 amide bonds. The Balaban J connectivity index is 1.91. The molecule has 2 nitrogen and oxygen atoms in total. The minimum absolute atomic E-state index is 1.05. The standard InChI is InChI=1S/C17H14N2S/c1-3-7-13(8-4-1)15-17-19(11-12-20-17)16(18-15)14-9-5-2-6-10-14/h1-10H,11-12H2. The Labute approximate surface area is 122 Å². The number of aromatic nitrogens is 2. The number of thioether (sulfide) groups is 1. The first kappa shape index (κ1) is 11.8. The Morgan fingerprint density at radius 2 is 1.50 bits per heavy atom. The lowest BCUT2D eigenvalue weighted by molar-refractivity contribution is 0.746. The lowest BCUT2D eigenvalue weighted by Crippen LogP contribution is -1.96. The molecule has 98 valence electrons. The maximum absolute atomic E-state index is 4.91. The van der Waals surface area contributed by atoms with Gasteiger partial charge in [-0.2, -0.15) is 0 Å². The van der Waals surface area contributed by atoms with E-state index in [1.165, 1.54) is 16.2 Å². The van der Waals surface area contributed by atoms with Crippen LogP contribution in [0.5, 0.6) is 0 Å². The van der Waals surface area contributed by atoms with E-state index in [4.69, 9.17) is 4.98 Å². The Morgan fingerprint density at radius 1 is 0.850 bits per heavy atom. The molecule has 2 heterocycles. The maximum Gasteiger partial charge on any atom is 0.141 e. The smallest absolute Gasteiger partial charge is 0.141 e. The van der Waals surface area contributed by atoms with Crippen LogP contribution in [0.1, 0.15) is 0 Å². The number of hydrogen-bond donors (Lipinski definition) is 0. The molecule has 0 unspecified atom stereocenters. The van der Waals surface area contributed by atoms with Gasteiger partial charge in [-0.3, -0.25) is 0 Å². The molecule has 1 aromatic heterocycles. The lowest BCUT2D eigenvalue weighted by atomic mass is 10.2. The predicted molar refractivity (Wildman–Crippen MR) is 83.8 cm³/mol. The monoisotopic (exact) mass is 278 g/mol. The molecule has 0 spiro atoms. The first-order valence-electron chi connectivity index (χ1n) is 6.77. The van der Waals surface area contributed by atoms with Crippen LogP contribution in [-0.2, 0) is 6.54 Å². The van der Waals surface area contributed by atoms with Crippen molar-refractivity contribution in [2.75, 3.05) is 5.75 Å². The summed E-state index contributed by atoms with van der Waals surface area (Å²) in [4.78, 5) is 4.91. The summed E-state index contributed by atoms with van der Waals surface area (Å²) in [5.41, 5.74) is 3.51. The number of nitrogens with zero attached hydrogens (tertiary/aromatic N) is 2. The maximum atomic E-state index is 4.91. The highest BCUT2D eigenvalue weighted by atomic mass is 32.2. The van der Waals surface area contributed by atoms with Gasteiger partial charge >= 0.3 is 0 Å². The summed E-state index contributed by atoms with van der Waals surface area (Å²) < 4.78 is 2.35. The largest absolute Gasteiger partial charge is 0.318 e. The summed E-state index contributed by atoms with van der Waals surface area (Å²) in [7, 11) is 0. The summed E-state index contributed by atoms with van der Waals surface area (Å²) in [6.45, 7) is 1.05.